The van der Waals surface area contributed by atoms with Gasteiger partial charge in [0.15, 0.2) is 5.16 Å². The van der Waals surface area contributed by atoms with E-state index in [1.54, 1.807) is 18.2 Å². The van der Waals surface area contributed by atoms with E-state index in [-0.39, 0.29) is 22.6 Å². The molecule has 0 aliphatic carbocycles. The van der Waals surface area contributed by atoms with Crippen molar-refractivity contribution in [3.63, 3.8) is 0 Å². The number of hydrogen-bond donors (Lipinski definition) is 1. The van der Waals surface area contributed by atoms with Crippen LogP contribution in [-0.4, -0.2) is 66.3 Å². The number of morpholine rings is 1. The van der Waals surface area contributed by atoms with Crippen LogP contribution >= 0.6 is 11.8 Å². The summed E-state index contributed by atoms with van der Waals surface area (Å²) in [5.74, 6) is 0.252. The highest BCUT2D eigenvalue weighted by molar-refractivity contribution is 7.99. The molecule has 1 atom stereocenters. The Labute approximate surface area is 182 Å². The zero-order valence-electron chi connectivity index (χ0n) is 17.8. The van der Waals surface area contributed by atoms with Crippen LogP contribution in [0.3, 0.4) is 0 Å². The average molecular weight is 455 g/mol. The van der Waals surface area contributed by atoms with Gasteiger partial charge < -0.3 is 14.6 Å². The average Bonchev–Trinajstić information content (AvgIpc) is 3.09. The predicted molar refractivity (Wildman–Crippen MR) is 118 cm³/mol. The third kappa shape index (κ3) is 5.16. The molecule has 166 valence electrons. The summed E-state index contributed by atoms with van der Waals surface area (Å²) >= 11 is 1.37. The number of hydrogen-bond acceptors (Lipinski definition) is 6. The molecule has 2 aromatic rings. The summed E-state index contributed by atoms with van der Waals surface area (Å²) in [4.78, 5) is 17.1. The first-order chi connectivity index (χ1) is 14.4. The summed E-state index contributed by atoms with van der Waals surface area (Å²) in [5, 5.41) is 3.71. The Hall–Kier alpha value is -1.62. The quantitative estimate of drug-likeness (QED) is 0.585. The van der Waals surface area contributed by atoms with Gasteiger partial charge in [-0.1, -0.05) is 25.1 Å². The zero-order valence-corrected chi connectivity index (χ0v) is 19.4. The molecule has 1 aliphatic rings. The Morgan fingerprint density at radius 3 is 2.70 bits per heavy atom. The highest BCUT2D eigenvalue weighted by Gasteiger charge is 2.27. The van der Waals surface area contributed by atoms with Crippen molar-refractivity contribution in [3.05, 3.63) is 18.2 Å². The fourth-order valence-electron chi connectivity index (χ4n) is 3.55. The number of imidazole rings is 1. The van der Waals surface area contributed by atoms with Gasteiger partial charge in [-0.25, -0.2) is 13.4 Å². The molecule has 10 heteroatoms. The summed E-state index contributed by atoms with van der Waals surface area (Å²) in [5.41, 5.74) is 1.48. The van der Waals surface area contributed by atoms with Gasteiger partial charge in [0, 0.05) is 25.7 Å². The minimum atomic E-state index is -3.58. The number of fused-ring (bicyclic) bond motifs is 1. The maximum absolute atomic E-state index is 12.9. The molecule has 1 fully saturated rings. The molecule has 1 N–H and O–H groups in total. The van der Waals surface area contributed by atoms with Gasteiger partial charge in [-0.15, -0.1) is 0 Å². The number of thioether (sulfide) groups is 1. The van der Waals surface area contributed by atoms with Gasteiger partial charge in [-0.05, 0) is 38.5 Å². The molecule has 3 rings (SSSR count). The van der Waals surface area contributed by atoms with E-state index in [1.807, 2.05) is 18.4 Å². The van der Waals surface area contributed by atoms with Crippen LogP contribution in [0.4, 0.5) is 0 Å². The first-order valence-electron chi connectivity index (χ1n) is 10.4. The SMILES string of the molecule is CCCC(C)NC(=O)CSc1nc2cc(S(=O)(=O)N3CCOCC3)ccc2n1CC. The molecular formula is C20H30N4O4S2. The van der Waals surface area contributed by atoms with E-state index in [2.05, 4.69) is 17.2 Å². The number of nitrogens with zero attached hydrogens (tertiary/aromatic N) is 3. The lowest BCUT2D eigenvalue weighted by molar-refractivity contribution is -0.119. The highest BCUT2D eigenvalue weighted by atomic mass is 32.2. The minimum Gasteiger partial charge on any atom is -0.379 e. The van der Waals surface area contributed by atoms with Crippen molar-refractivity contribution in [2.24, 2.45) is 0 Å². The van der Waals surface area contributed by atoms with E-state index < -0.39 is 10.0 Å². The number of benzene rings is 1. The fourth-order valence-corrected chi connectivity index (χ4v) is 5.87. The minimum absolute atomic E-state index is 0.0220. The Balaban J connectivity index is 1.79. The summed E-state index contributed by atoms with van der Waals surface area (Å²) in [6, 6.07) is 5.21. The number of amides is 1. The Bertz CT molecular complexity index is 984. The molecule has 30 heavy (non-hydrogen) atoms. The Kier molecular flexibility index (Phi) is 7.78. The molecule has 1 aromatic carbocycles. The van der Waals surface area contributed by atoms with Crippen LogP contribution in [0.5, 0.6) is 0 Å². The number of aryl methyl sites for hydroxylation is 1. The molecule has 1 saturated heterocycles. The van der Waals surface area contributed by atoms with Crippen molar-refractivity contribution in [3.8, 4) is 0 Å². The molecule has 2 heterocycles. The summed E-state index contributed by atoms with van der Waals surface area (Å²) in [6.07, 6.45) is 1.97. The summed E-state index contributed by atoms with van der Waals surface area (Å²) in [6.45, 7) is 8.32. The van der Waals surface area contributed by atoms with Crippen LogP contribution < -0.4 is 5.32 Å². The molecular weight excluding hydrogens is 424 g/mol. The maximum atomic E-state index is 12.9. The number of carbonyl (C=O) groups is 1. The van der Waals surface area contributed by atoms with Crippen molar-refractivity contribution >= 4 is 38.7 Å². The lowest BCUT2D eigenvalue weighted by atomic mass is 10.2. The third-order valence-electron chi connectivity index (χ3n) is 5.07. The molecule has 1 amide bonds. The fraction of sp³-hybridized carbons (Fsp3) is 0.600. The molecule has 0 saturated carbocycles. The van der Waals surface area contributed by atoms with E-state index >= 15 is 0 Å². The smallest absolute Gasteiger partial charge is 0.243 e. The topological polar surface area (TPSA) is 93.5 Å². The first kappa shape index (κ1) is 23.1. The lowest BCUT2D eigenvalue weighted by Crippen LogP contribution is -2.40. The van der Waals surface area contributed by atoms with Gasteiger partial charge in [-0.3, -0.25) is 4.79 Å². The Morgan fingerprint density at radius 1 is 1.30 bits per heavy atom. The lowest BCUT2D eigenvalue weighted by Gasteiger charge is -2.26. The van der Waals surface area contributed by atoms with E-state index in [4.69, 9.17) is 4.74 Å². The number of nitrogens with one attached hydrogen (secondary N) is 1. The second-order valence-electron chi connectivity index (χ2n) is 7.35. The van der Waals surface area contributed by atoms with Gasteiger partial charge in [0.2, 0.25) is 15.9 Å². The first-order valence-corrected chi connectivity index (χ1v) is 12.8. The molecule has 0 radical (unpaired) electrons. The van der Waals surface area contributed by atoms with Gasteiger partial charge in [0.05, 0.1) is 34.9 Å². The van der Waals surface area contributed by atoms with Gasteiger partial charge in [0.1, 0.15) is 0 Å². The monoisotopic (exact) mass is 454 g/mol. The van der Waals surface area contributed by atoms with E-state index in [9.17, 15) is 13.2 Å². The van der Waals surface area contributed by atoms with Crippen LogP contribution in [0.25, 0.3) is 11.0 Å². The Morgan fingerprint density at radius 2 is 2.03 bits per heavy atom. The third-order valence-corrected chi connectivity index (χ3v) is 7.94. The van der Waals surface area contributed by atoms with Gasteiger partial charge in [-0.2, -0.15) is 4.31 Å². The molecule has 0 spiro atoms. The number of carbonyl (C=O) groups excluding carboxylic acids is 1. The maximum Gasteiger partial charge on any atom is 0.243 e. The van der Waals surface area contributed by atoms with Crippen molar-refractivity contribution in [2.75, 3.05) is 32.1 Å². The highest BCUT2D eigenvalue weighted by Crippen LogP contribution is 2.27. The largest absolute Gasteiger partial charge is 0.379 e. The van der Waals surface area contributed by atoms with E-state index in [1.165, 1.54) is 16.1 Å². The van der Waals surface area contributed by atoms with E-state index in [0.29, 0.717) is 43.5 Å². The van der Waals surface area contributed by atoms with Crippen LogP contribution in [0, 0.1) is 0 Å². The normalized spacial score (nSPS) is 16.6. The predicted octanol–water partition coefficient (Wildman–Crippen LogP) is 2.47. The molecule has 1 aliphatic heterocycles. The van der Waals surface area contributed by atoms with Crippen LogP contribution in [0.15, 0.2) is 28.3 Å². The van der Waals surface area contributed by atoms with Crippen molar-refractivity contribution in [1.29, 1.82) is 0 Å². The van der Waals surface area contributed by atoms with Crippen LogP contribution in [0.1, 0.15) is 33.6 Å². The van der Waals surface area contributed by atoms with Crippen LogP contribution in [0.2, 0.25) is 0 Å². The summed E-state index contributed by atoms with van der Waals surface area (Å²) < 4.78 is 34.6. The van der Waals surface area contributed by atoms with Crippen molar-refractivity contribution in [1.82, 2.24) is 19.2 Å². The van der Waals surface area contributed by atoms with E-state index in [0.717, 1.165) is 18.4 Å². The number of sulfonamides is 1. The zero-order chi connectivity index (χ0) is 21.7. The van der Waals surface area contributed by atoms with Gasteiger partial charge >= 0.3 is 0 Å². The molecule has 8 nitrogen and oxygen atoms in total. The molecule has 1 aromatic heterocycles. The van der Waals surface area contributed by atoms with Crippen molar-refractivity contribution in [2.45, 2.75) is 56.3 Å². The molecule has 1 unspecified atom stereocenters. The second kappa shape index (κ2) is 10.1. The van der Waals surface area contributed by atoms with Crippen LogP contribution in [-0.2, 0) is 26.1 Å². The molecule has 0 bridgehead atoms. The second-order valence-corrected chi connectivity index (χ2v) is 10.2. The number of aromatic nitrogens is 2. The van der Waals surface area contributed by atoms with Crippen molar-refractivity contribution < 1.29 is 17.9 Å². The van der Waals surface area contributed by atoms with Gasteiger partial charge in [0.25, 0.3) is 0 Å². The number of rotatable bonds is 9. The number of ether oxygens (including phenoxy) is 1. The summed E-state index contributed by atoms with van der Waals surface area (Å²) in [7, 11) is -3.58. The standard InChI is InChI=1S/C20H30N4O4S2/c1-4-6-15(3)21-19(25)14-29-20-22-17-13-16(7-8-18(17)24(20)5-2)30(26,27)23-9-11-28-12-10-23/h7-8,13,15H,4-6,9-12,14H2,1-3H3,(H,21,25).